The van der Waals surface area contributed by atoms with Gasteiger partial charge in [0.15, 0.2) is 0 Å². The number of piperazine rings is 1. The van der Waals surface area contributed by atoms with Crippen LogP contribution in [0.15, 0.2) is 56.5 Å². The fourth-order valence-corrected chi connectivity index (χ4v) is 4.86. The van der Waals surface area contributed by atoms with E-state index in [2.05, 4.69) is 15.9 Å². The molecule has 0 saturated carbocycles. The molecule has 0 spiro atoms. The van der Waals surface area contributed by atoms with Gasteiger partial charge >= 0.3 is 0 Å². The van der Waals surface area contributed by atoms with Gasteiger partial charge < -0.3 is 4.90 Å². The minimum absolute atomic E-state index is 0.0908. The van der Waals surface area contributed by atoms with Crippen LogP contribution in [0, 0.1) is 0 Å². The molecule has 0 bridgehead atoms. The highest BCUT2D eigenvalue weighted by Crippen LogP contribution is 2.20. The smallest absolute Gasteiger partial charge is 0.246 e. The molecule has 3 rings (SSSR count). The lowest BCUT2D eigenvalue weighted by molar-refractivity contribution is -0.127. The molecule has 1 aliphatic rings. The minimum Gasteiger partial charge on any atom is -0.337 e. The van der Waals surface area contributed by atoms with E-state index in [-0.39, 0.29) is 10.8 Å². The molecule has 0 N–H and O–H groups in total. The maximum Gasteiger partial charge on any atom is 0.246 e. The number of sulfonamides is 1. The molecular weight excluding hydrogens is 424 g/mol. The molecule has 0 unspecified atom stereocenters. The molecule has 1 fully saturated rings. The van der Waals surface area contributed by atoms with Gasteiger partial charge in [-0.3, -0.25) is 4.79 Å². The van der Waals surface area contributed by atoms with E-state index >= 15 is 0 Å². The summed E-state index contributed by atoms with van der Waals surface area (Å²) in [6.07, 6.45) is 3.32. The van der Waals surface area contributed by atoms with E-state index in [0.717, 1.165) is 10.0 Å². The molecule has 1 aromatic heterocycles. The molecule has 8 heteroatoms. The second-order valence-corrected chi connectivity index (χ2v) is 9.21. The van der Waals surface area contributed by atoms with Crippen molar-refractivity contribution in [2.24, 2.45) is 0 Å². The Morgan fingerprint density at radius 1 is 1.08 bits per heavy atom. The van der Waals surface area contributed by atoms with Gasteiger partial charge in [0.1, 0.15) is 0 Å². The lowest BCUT2D eigenvalue weighted by Crippen LogP contribution is -2.50. The van der Waals surface area contributed by atoms with Gasteiger partial charge in [-0.2, -0.15) is 15.6 Å². The van der Waals surface area contributed by atoms with Crippen molar-refractivity contribution in [2.75, 3.05) is 26.2 Å². The third-order valence-electron chi connectivity index (χ3n) is 3.96. The van der Waals surface area contributed by atoms with Crippen LogP contribution in [0.25, 0.3) is 6.08 Å². The lowest BCUT2D eigenvalue weighted by atomic mass is 10.3. The summed E-state index contributed by atoms with van der Waals surface area (Å²) in [5, 5.41) is 3.92. The lowest BCUT2D eigenvalue weighted by Gasteiger charge is -2.33. The molecule has 0 aliphatic carbocycles. The molecule has 1 saturated heterocycles. The molecule has 0 atom stereocenters. The van der Waals surface area contributed by atoms with E-state index in [0.29, 0.717) is 26.2 Å². The number of halogens is 1. The van der Waals surface area contributed by atoms with E-state index in [1.165, 1.54) is 4.31 Å². The van der Waals surface area contributed by atoms with Gasteiger partial charge in [0.2, 0.25) is 15.9 Å². The second-order valence-electron chi connectivity index (χ2n) is 5.57. The maximum atomic E-state index is 12.7. The standard InChI is InChI=1S/C17H17BrN2O3S2/c18-15-2-4-16(5-3-15)25(22,23)20-10-8-19(9-11-20)17(21)6-1-14-7-12-24-13-14/h1-7,12-13H,8-11H2/b6-1+. The average molecular weight is 441 g/mol. The first-order valence-corrected chi connectivity index (χ1v) is 10.9. The van der Waals surface area contributed by atoms with Gasteiger partial charge in [-0.25, -0.2) is 8.42 Å². The Hall–Kier alpha value is -1.48. The van der Waals surface area contributed by atoms with Crippen molar-refractivity contribution in [1.29, 1.82) is 0 Å². The van der Waals surface area contributed by atoms with Crippen molar-refractivity contribution in [3.05, 3.63) is 57.2 Å². The SMILES string of the molecule is O=C(/C=C/c1ccsc1)N1CCN(S(=O)(=O)c2ccc(Br)cc2)CC1. The quantitative estimate of drug-likeness (QED) is 0.686. The van der Waals surface area contributed by atoms with Crippen LogP contribution in [0.4, 0.5) is 0 Å². The van der Waals surface area contributed by atoms with Gasteiger partial charge in [-0.15, -0.1) is 0 Å². The van der Waals surface area contributed by atoms with E-state index in [4.69, 9.17) is 0 Å². The Balaban J connectivity index is 1.61. The van der Waals surface area contributed by atoms with Crippen molar-refractivity contribution in [3.63, 3.8) is 0 Å². The molecule has 0 radical (unpaired) electrons. The van der Waals surface area contributed by atoms with Crippen LogP contribution in [-0.2, 0) is 14.8 Å². The average Bonchev–Trinajstić information content (AvgIpc) is 3.14. The highest BCUT2D eigenvalue weighted by atomic mass is 79.9. The highest BCUT2D eigenvalue weighted by molar-refractivity contribution is 9.10. The summed E-state index contributed by atoms with van der Waals surface area (Å²) in [7, 11) is -3.52. The number of thiophene rings is 1. The van der Waals surface area contributed by atoms with Gasteiger partial charge in [-0.1, -0.05) is 15.9 Å². The van der Waals surface area contributed by atoms with Gasteiger partial charge in [0, 0.05) is 36.7 Å². The molecule has 1 amide bonds. The van der Waals surface area contributed by atoms with Crippen LogP contribution in [0.1, 0.15) is 5.56 Å². The summed E-state index contributed by atoms with van der Waals surface area (Å²) < 4.78 is 27.6. The van der Waals surface area contributed by atoms with E-state index in [9.17, 15) is 13.2 Å². The molecule has 1 aliphatic heterocycles. The maximum absolute atomic E-state index is 12.7. The number of benzene rings is 1. The van der Waals surface area contributed by atoms with Gasteiger partial charge in [-0.05, 0) is 52.7 Å². The van der Waals surface area contributed by atoms with E-state index < -0.39 is 10.0 Å². The predicted octanol–water partition coefficient (Wildman–Crippen LogP) is 3.06. The van der Waals surface area contributed by atoms with Crippen LogP contribution in [0.5, 0.6) is 0 Å². The van der Waals surface area contributed by atoms with Crippen LogP contribution < -0.4 is 0 Å². The Morgan fingerprint density at radius 2 is 1.76 bits per heavy atom. The number of rotatable bonds is 4. The summed E-state index contributed by atoms with van der Waals surface area (Å²) in [5.41, 5.74) is 0.995. The number of hydrogen-bond donors (Lipinski definition) is 0. The van der Waals surface area contributed by atoms with Crippen LogP contribution in [-0.4, -0.2) is 49.7 Å². The third kappa shape index (κ3) is 4.38. The summed E-state index contributed by atoms with van der Waals surface area (Å²) in [6.45, 7) is 1.39. The van der Waals surface area contributed by atoms with Gasteiger partial charge in [0.05, 0.1) is 4.90 Å². The van der Waals surface area contributed by atoms with Crippen molar-refractivity contribution in [2.45, 2.75) is 4.90 Å². The van der Waals surface area contributed by atoms with Crippen molar-refractivity contribution >= 4 is 49.3 Å². The fraction of sp³-hybridized carbons (Fsp3) is 0.235. The minimum atomic E-state index is -3.52. The zero-order valence-corrected chi connectivity index (χ0v) is 16.6. The fourth-order valence-electron chi connectivity index (χ4n) is 2.55. The number of nitrogens with zero attached hydrogens (tertiary/aromatic N) is 2. The van der Waals surface area contributed by atoms with Crippen molar-refractivity contribution in [1.82, 2.24) is 9.21 Å². The molecular formula is C17H17BrN2O3S2. The Bertz CT molecular complexity index is 854. The Labute approximate surface area is 159 Å². The topological polar surface area (TPSA) is 57.7 Å². The largest absolute Gasteiger partial charge is 0.337 e. The van der Waals surface area contributed by atoms with Crippen LogP contribution >= 0.6 is 27.3 Å². The van der Waals surface area contributed by atoms with E-state index in [1.807, 2.05) is 16.8 Å². The first-order chi connectivity index (χ1) is 12.0. The zero-order valence-electron chi connectivity index (χ0n) is 13.3. The third-order valence-corrected chi connectivity index (χ3v) is 7.11. The first-order valence-electron chi connectivity index (χ1n) is 7.72. The number of carbonyl (C=O) groups is 1. The first kappa shape index (κ1) is 18.3. The molecule has 2 aromatic rings. The number of hydrogen-bond acceptors (Lipinski definition) is 4. The van der Waals surface area contributed by atoms with Crippen LogP contribution in [0.2, 0.25) is 0 Å². The predicted molar refractivity (Wildman–Crippen MR) is 103 cm³/mol. The highest BCUT2D eigenvalue weighted by Gasteiger charge is 2.29. The van der Waals surface area contributed by atoms with Crippen molar-refractivity contribution in [3.8, 4) is 0 Å². The monoisotopic (exact) mass is 440 g/mol. The molecule has 1 aromatic carbocycles. The van der Waals surface area contributed by atoms with E-state index in [1.54, 1.807) is 52.7 Å². The number of carbonyl (C=O) groups excluding carboxylic acids is 1. The van der Waals surface area contributed by atoms with Gasteiger partial charge in [0.25, 0.3) is 0 Å². The zero-order chi connectivity index (χ0) is 17.9. The molecule has 2 heterocycles. The Kier molecular flexibility index (Phi) is 5.73. The summed E-state index contributed by atoms with van der Waals surface area (Å²) >= 11 is 4.88. The van der Waals surface area contributed by atoms with Crippen molar-refractivity contribution < 1.29 is 13.2 Å². The summed E-state index contributed by atoms with van der Waals surface area (Å²) in [6, 6.07) is 8.53. The number of amides is 1. The normalized spacial score (nSPS) is 16.4. The molecule has 25 heavy (non-hydrogen) atoms. The molecule has 5 nitrogen and oxygen atoms in total. The summed E-state index contributed by atoms with van der Waals surface area (Å²) in [5.74, 6) is -0.0908. The van der Waals surface area contributed by atoms with Crippen LogP contribution in [0.3, 0.4) is 0 Å². The Morgan fingerprint density at radius 3 is 2.36 bits per heavy atom. The second kappa shape index (κ2) is 7.82. The summed E-state index contributed by atoms with van der Waals surface area (Å²) in [4.78, 5) is 14.2. The molecule has 132 valence electrons.